The van der Waals surface area contributed by atoms with E-state index in [-0.39, 0.29) is 34.9 Å². The van der Waals surface area contributed by atoms with E-state index in [1.165, 1.54) is 0 Å². The summed E-state index contributed by atoms with van der Waals surface area (Å²) in [6.07, 6.45) is 3.09. The third-order valence-electron chi connectivity index (χ3n) is 8.09. The van der Waals surface area contributed by atoms with E-state index >= 15 is 0 Å². The van der Waals surface area contributed by atoms with Gasteiger partial charge >= 0.3 is 12.1 Å². The van der Waals surface area contributed by atoms with Crippen LogP contribution in [0.4, 0.5) is 15.0 Å². The zero-order valence-electron chi connectivity index (χ0n) is 21.8. The van der Waals surface area contributed by atoms with Crippen molar-refractivity contribution in [3.8, 4) is 6.01 Å². The van der Waals surface area contributed by atoms with E-state index in [4.69, 9.17) is 26.1 Å². The third kappa shape index (κ3) is 4.74. The van der Waals surface area contributed by atoms with Gasteiger partial charge in [-0.25, -0.2) is 9.18 Å². The Kier molecular flexibility index (Phi) is 6.73. The molecule has 13 heteroatoms. The first-order valence-electron chi connectivity index (χ1n) is 13.2. The topological polar surface area (TPSA) is 96.8 Å². The number of anilines is 1. The highest BCUT2D eigenvalue weighted by molar-refractivity contribution is 14.1. The van der Waals surface area contributed by atoms with E-state index < -0.39 is 11.8 Å². The molecule has 1 amide bonds. The van der Waals surface area contributed by atoms with Crippen LogP contribution in [0.5, 0.6) is 6.01 Å². The summed E-state index contributed by atoms with van der Waals surface area (Å²) in [5, 5.41) is 8.74. The number of rotatable bonds is 4. The lowest BCUT2D eigenvalue weighted by atomic mass is 9.95. The number of fused-ring (bicyclic) bond motifs is 4. The number of hydrogen-bond acceptors (Lipinski definition) is 9. The average molecular weight is 660 g/mol. The zero-order chi connectivity index (χ0) is 26.8. The number of hydrogen-bond donors (Lipinski definition) is 0. The number of amides is 1. The van der Waals surface area contributed by atoms with Crippen LogP contribution in [0.3, 0.4) is 0 Å². The largest absolute Gasteiger partial charge is 0.461 e. The number of halogens is 3. The van der Waals surface area contributed by atoms with E-state index in [0.29, 0.717) is 53.1 Å². The predicted molar refractivity (Wildman–Crippen MR) is 148 cm³/mol. The molecule has 10 nitrogen and oxygen atoms in total. The molecule has 2 aromatic rings. The first-order chi connectivity index (χ1) is 18.0. The van der Waals surface area contributed by atoms with Gasteiger partial charge < -0.3 is 14.4 Å². The highest BCUT2D eigenvalue weighted by atomic mass is 127. The number of piperazine rings is 1. The van der Waals surface area contributed by atoms with Gasteiger partial charge in [-0.15, -0.1) is 10.2 Å². The maximum Gasteiger partial charge on any atom is 0.410 e. The highest BCUT2D eigenvalue weighted by Crippen LogP contribution is 2.41. The van der Waals surface area contributed by atoms with Crippen molar-refractivity contribution >= 4 is 57.1 Å². The Balaban J connectivity index is 1.30. The van der Waals surface area contributed by atoms with Gasteiger partial charge in [-0.3, -0.25) is 9.80 Å². The van der Waals surface area contributed by atoms with Crippen molar-refractivity contribution in [1.29, 1.82) is 0 Å². The molecule has 38 heavy (non-hydrogen) atoms. The fourth-order valence-electron chi connectivity index (χ4n) is 6.52. The molecule has 4 aliphatic heterocycles. The molecular formula is C25H32ClFIN7O3. The second-order valence-electron chi connectivity index (χ2n) is 11.9. The van der Waals surface area contributed by atoms with Gasteiger partial charge in [-0.1, -0.05) is 11.6 Å². The van der Waals surface area contributed by atoms with Gasteiger partial charge in [0.1, 0.15) is 23.9 Å². The van der Waals surface area contributed by atoms with Crippen molar-refractivity contribution in [3.05, 3.63) is 8.72 Å². The smallest absolute Gasteiger partial charge is 0.410 e. The van der Waals surface area contributed by atoms with Gasteiger partial charge in [-0.05, 0) is 75.6 Å². The standard InChI is InChI=1S/C25H32ClFIN7O3/c1-24(2,3)38-23(36)35-15-5-6-16(35)12-33(11-15)21-19-18(17(28)20(26)32-31-19)29-22(30-21)37-13-25-7-4-8-34(25)10-14(27)9-25/h14-16H,4-13H2,1-3H3/t14-,15?,16?,25+/m1/s1. The Morgan fingerprint density at radius 3 is 2.61 bits per heavy atom. The molecule has 206 valence electrons. The van der Waals surface area contributed by atoms with Crippen LogP contribution in [0.15, 0.2) is 0 Å². The Morgan fingerprint density at radius 1 is 1.16 bits per heavy atom. The quantitative estimate of drug-likeness (QED) is 0.447. The van der Waals surface area contributed by atoms with Crippen LogP contribution in [0, 0.1) is 3.57 Å². The number of alkyl halides is 1. The number of carbonyl (C=O) groups excluding carboxylic acids is 1. The normalized spacial score (nSPS) is 29.3. The van der Waals surface area contributed by atoms with Gasteiger partial charge in [0, 0.05) is 26.1 Å². The van der Waals surface area contributed by atoms with Crippen molar-refractivity contribution in [2.75, 3.05) is 37.7 Å². The molecule has 0 spiro atoms. The molecule has 4 aliphatic rings. The van der Waals surface area contributed by atoms with Gasteiger partial charge in [0.05, 0.1) is 21.2 Å². The van der Waals surface area contributed by atoms with E-state index in [1.54, 1.807) is 0 Å². The molecule has 2 bridgehead atoms. The zero-order valence-corrected chi connectivity index (χ0v) is 24.7. The maximum absolute atomic E-state index is 14.3. The summed E-state index contributed by atoms with van der Waals surface area (Å²) in [4.78, 5) is 28.7. The maximum atomic E-state index is 14.3. The Hall–Kier alpha value is -1.80. The number of nitrogens with zero attached hydrogens (tertiary/aromatic N) is 7. The highest BCUT2D eigenvalue weighted by Gasteiger charge is 2.50. The molecule has 0 aliphatic carbocycles. The van der Waals surface area contributed by atoms with Crippen LogP contribution in [0.25, 0.3) is 11.0 Å². The first-order valence-corrected chi connectivity index (χ1v) is 14.7. The van der Waals surface area contributed by atoms with Crippen LogP contribution < -0.4 is 9.64 Å². The molecule has 4 atom stereocenters. The molecule has 0 saturated carbocycles. The number of carbonyl (C=O) groups is 1. The summed E-state index contributed by atoms with van der Waals surface area (Å²) in [6.45, 7) is 8.50. The van der Waals surface area contributed by atoms with E-state index in [0.717, 1.165) is 32.2 Å². The van der Waals surface area contributed by atoms with Crippen LogP contribution in [0.1, 0.15) is 52.9 Å². The van der Waals surface area contributed by atoms with Crippen LogP contribution >= 0.6 is 34.2 Å². The van der Waals surface area contributed by atoms with Gasteiger partial charge in [0.25, 0.3) is 0 Å². The Morgan fingerprint density at radius 2 is 1.89 bits per heavy atom. The fraction of sp³-hybridized carbons (Fsp3) is 0.720. The van der Waals surface area contributed by atoms with E-state index in [2.05, 4.69) is 47.6 Å². The van der Waals surface area contributed by atoms with Crippen LogP contribution in [-0.4, -0.2) is 98.2 Å². The molecule has 4 fully saturated rings. The van der Waals surface area contributed by atoms with Crippen molar-refractivity contribution in [1.82, 2.24) is 30.0 Å². The Bertz CT molecular complexity index is 1250. The molecule has 0 aromatic carbocycles. The second kappa shape index (κ2) is 9.69. The van der Waals surface area contributed by atoms with Gasteiger partial charge in [-0.2, -0.15) is 9.97 Å². The summed E-state index contributed by atoms with van der Waals surface area (Å²) >= 11 is 8.43. The van der Waals surface area contributed by atoms with Crippen molar-refractivity contribution in [2.45, 2.75) is 82.3 Å². The van der Waals surface area contributed by atoms with Crippen molar-refractivity contribution in [3.63, 3.8) is 0 Å². The fourth-order valence-corrected chi connectivity index (χ4v) is 7.14. The molecule has 6 rings (SSSR count). The summed E-state index contributed by atoms with van der Waals surface area (Å²) in [6, 6.07) is 0.228. The first kappa shape index (κ1) is 26.4. The van der Waals surface area contributed by atoms with E-state index in [1.807, 2.05) is 25.7 Å². The lowest BCUT2D eigenvalue weighted by Gasteiger charge is -2.41. The monoisotopic (exact) mass is 659 g/mol. The molecular weight excluding hydrogens is 628 g/mol. The SMILES string of the molecule is CC(C)(C)OC(=O)N1C2CCC1CN(c1nc(OC[C@@]34CCCN3C[C@H](F)C4)nc3c(I)c(Cl)nnc13)C2. The van der Waals surface area contributed by atoms with Crippen LogP contribution in [0.2, 0.25) is 5.15 Å². The van der Waals surface area contributed by atoms with Crippen molar-refractivity contribution < 1.29 is 18.7 Å². The minimum Gasteiger partial charge on any atom is -0.461 e. The minimum atomic E-state index is -0.834. The Labute approximate surface area is 239 Å². The third-order valence-corrected chi connectivity index (χ3v) is 9.69. The summed E-state index contributed by atoms with van der Waals surface area (Å²) in [7, 11) is 0. The predicted octanol–water partition coefficient (Wildman–Crippen LogP) is 4.22. The molecule has 2 aromatic heterocycles. The van der Waals surface area contributed by atoms with Gasteiger partial charge in [0.2, 0.25) is 0 Å². The lowest BCUT2D eigenvalue weighted by Crippen LogP contribution is -2.57. The summed E-state index contributed by atoms with van der Waals surface area (Å²) < 4.78 is 26.9. The average Bonchev–Trinajstić information content (AvgIpc) is 3.46. The van der Waals surface area contributed by atoms with E-state index in [9.17, 15) is 9.18 Å². The van der Waals surface area contributed by atoms with Crippen molar-refractivity contribution in [2.24, 2.45) is 0 Å². The molecule has 0 N–H and O–H groups in total. The molecule has 0 radical (unpaired) electrons. The van der Waals surface area contributed by atoms with Crippen LogP contribution in [-0.2, 0) is 4.74 Å². The molecule has 2 unspecified atom stereocenters. The summed E-state index contributed by atoms with van der Waals surface area (Å²) in [5.74, 6) is 0.614. The number of aromatic nitrogens is 4. The molecule has 6 heterocycles. The second-order valence-corrected chi connectivity index (χ2v) is 13.3. The summed E-state index contributed by atoms with van der Waals surface area (Å²) in [5.41, 5.74) is 0.256. The number of ether oxygens (including phenoxy) is 2. The minimum absolute atomic E-state index is 0.00299. The lowest BCUT2D eigenvalue weighted by molar-refractivity contribution is 0.0122. The molecule has 4 saturated heterocycles. The van der Waals surface area contributed by atoms with Gasteiger partial charge in [0.15, 0.2) is 16.5 Å².